The molecule has 0 aliphatic carbocycles. The molecule has 4 nitrogen and oxygen atoms in total. The fraction of sp³-hybridized carbons (Fsp3) is 0.222. The third kappa shape index (κ3) is 2.19. The Labute approximate surface area is 76.9 Å². The predicted molar refractivity (Wildman–Crippen MR) is 50.3 cm³/mol. The third-order valence-corrected chi connectivity index (χ3v) is 1.68. The summed E-state index contributed by atoms with van der Waals surface area (Å²) in [7, 11) is 1.29. The maximum absolute atomic E-state index is 11.0. The van der Waals surface area contributed by atoms with Gasteiger partial charge in [0.1, 0.15) is 0 Å². The van der Waals surface area contributed by atoms with E-state index in [1.807, 2.05) is 19.1 Å². The van der Waals surface area contributed by atoms with E-state index in [-0.39, 0.29) is 0 Å². The van der Waals surface area contributed by atoms with E-state index >= 15 is 0 Å². The molecule has 1 rings (SSSR count). The molecule has 0 atom stereocenters. The van der Waals surface area contributed by atoms with Crippen LogP contribution in [0.3, 0.4) is 0 Å². The van der Waals surface area contributed by atoms with E-state index in [2.05, 4.69) is 4.74 Å². The van der Waals surface area contributed by atoms with Gasteiger partial charge < -0.3 is 4.74 Å². The van der Waals surface area contributed by atoms with Gasteiger partial charge in [0.25, 0.3) is 0 Å². The molecule has 2 N–H and O–H groups in total. The molecule has 0 unspecified atom stereocenters. The van der Waals surface area contributed by atoms with Crippen LogP contribution in [-0.4, -0.2) is 13.2 Å². The number of nitrogens with zero attached hydrogens (tertiary/aromatic N) is 1. The van der Waals surface area contributed by atoms with Crippen molar-refractivity contribution in [2.75, 3.05) is 12.1 Å². The number of carbonyl (C=O) groups is 1. The van der Waals surface area contributed by atoms with Crippen molar-refractivity contribution in [1.82, 2.24) is 0 Å². The monoisotopic (exact) mass is 180 g/mol. The molecule has 0 heterocycles. The highest BCUT2D eigenvalue weighted by Gasteiger charge is 2.10. The number of benzene rings is 1. The van der Waals surface area contributed by atoms with Gasteiger partial charge in [-0.1, -0.05) is 17.7 Å². The number of nitrogens with two attached hydrogens (primary N) is 1. The second-order valence-corrected chi connectivity index (χ2v) is 2.68. The molecule has 0 spiro atoms. The van der Waals surface area contributed by atoms with Crippen LogP contribution in [0.2, 0.25) is 0 Å². The Hall–Kier alpha value is -1.55. The molecule has 0 aliphatic rings. The van der Waals surface area contributed by atoms with Crippen molar-refractivity contribution in [2.24, 2.45) is 5.84 Å². The average molecular weight is 180 g/mol. The number of rotatable bonds is 1. The van der Waals surface area contributed by atoms with Gasteiger partial charge in [-0.05, 0) is 19.1 Å². The molecule has 1 aromatic rings. The van der Waals surface area contributed by atoms with Gasteiger partial charge in [-0.2, -0.15) is 0 Å². The summed E-state index contributed by atoms with van der Waals surface area (Å²) in [5, 5.41) is 0.958. The van der Waals surface area contributed by atoms with Crippen LogP contribution in [0.1, 0.15) is 5.56 Å². The Kier molecular flexibility index (Phi) is 2.87. The number of methoxy groups -OCH3 is 1. The largest absolute Gasteiger partial charge is 0.452 e. The summed E-state index contributed by atoms with van der Waals surface area (Å²) in [4.78, 5) is 11.0. The molecule has 0 bridgehead atoms. The van der Waals surface area contributed by atoms with Gasteiger partial charge in [0.15, 0.2) is 0 Å². The Bertz CT molecular complexity index is 295. The molecule has 0 aliphatic heterocycles. The Morgan fingerprint density at radius 1 is 1.38 bits per heavy atom. The number of hydrogen-bond acceptors (Lipinski definition) is 3. The zero-order chi connectivity index (χ0) is 9.84. The fourth-order valence-corrected chi connectivity index (χ4v) is 0.909. The number of ether oxygens (including phenoxy) is 1. The second-order valence-electron chi connectivity index (χ2n) is 2.68. The maximum Gasteiger partial charge on any atom is 0.428 e. The number of anilines is 1. The summed E-state index contributed by atoms with van der Waals surface area (Å²) in [5.41, 5.74) is 1.72. The maximum atomic E-state index is 11.0. The standard InChI is InChI=1S/C9H12N2O2/c1-7-3-5-8(6-4-7)11(10)9(12)13-2/h3-6H,10H2,1-2H3. The highest BCUT2D eigenvalue weighted by molar-refractivity contribution is 5.85. The van der Waals surface area contributed by atoms with Crippen LogP contribution >= 0.6 is 0 Å². The van der Waals surface area contributed by atoms with Crippen molar-refractivity contribution in [3.8, 4) is 0 Å². The van der Waals surface area contributed by atoms with E-state index in [1.165, 1.54) is 7.11 Å². The number of aryl methyl sites for hydroxylation is 1. The van der Waals surface area contributed by atoms with Crippen molar-refractivity contribution in [1.29, 1.82) is 0 Å². The lowest BCUT2D eigenvalue weighted by Crippen LogP contribution is -2.37. The average Bonchev–Trinajstić information content (AvgIpc) is 2.17. The zero-order valence-corrected chi connectivity index (χ0v) is 7.65. The van der Waals surface area contributed by atoms with E-state index < -0.39 is 6.09 Å². The number of hydrogen-bond donors (Lipinski definition) is 1. The van der Waals surface area contributed by atoms with Crippen LogP contribution in [0, 0.1) is 6.92 Å². The molecular weight excluding hydrogens is 168 g/mol. The van der Waals surface area contributed by atoms with Gasteiger partial charge in [0.05, 0.1) is 12.8 Å². The topological polar surface area (TPSA) is 55.6 Å². The molecule has 1 aromatic carbocycles. The normalized spacial score (nSPS) is 9.46. The van der Waals surface area contributed by atoms with Crippen LogP contribution < -0.4 is 10.9 Å². The smallest absolute Gasteiger partial charge is 0.428 e. The summed E-state index contributed by atoms with van der Waals surface area (Å²) < 4.78 is 4.46. The van der Waals surface area contributed by atoms with Crippen molar-refractivity contribution in [3.63, 3.8) is 0 Å². The van der Waals surface area contributed by atoms with Gasteiger partial charge in [-0.25, -0.2) is 15.6 Å². The molecule has 1 amide bonds. The Morgan fingerprint density at radius 2 is 1.92 bits per heavy atom. The minimum absolute atomic E-state index is 0.580. The molecule has 0 saturated carbocycles. The summed E-state index contributed by atoms with van der Waals surface area (Å²) in [5.74, 6) is 5.46. The molecule has 13 heavy (non-hydrogen) atoms. The molecule has 4 heteroatoms. The van der Waals surface area contributed by atoms with Crippen molar-refractivity contribution < 1.29 is 9.53 Å². The first-order chi connectivity index (χ1) is 6.15. The van der Waals surface area contributed by atoms with Gasteiger partial charge >= 0.3 is 6.09 Å². The van der Waals surface area contributed by atoms with Crippen LogP contribution in [0.5, 0.6) is 0 Å². The summed E-state index contributed by atoms with van der Waals surface area (Å²) in [6, 6.07) is 7.26. The number of carbonyl (C=O) groups excluding carboxylic acids is 1. The van der Waals surface area contributed by atoms with Gasteiger partial charge in [0.2, 0.25) is 0 Å². The Morgan fingerprint density at radius 3 is 2.38 bits per heavy atom. The summed E-state index contributed by atoms with van der Waals surface area (Å²) >= 11 is 0. The predicted octanol–water partition coefficient (Wildman–Crippen LogP) is 1.44. The minimum Gasteiger partial charge on any atom is -0.452 e. The number of amides is 1. The van der Waals surface area contributed by atoms with E-state index in [0.717, 1.165) is 10.6 Å². The van der Waals surface area contributed by atoms with Gasteiger partial charge in [-0.3, -0.25) is 0 Å². The van der Waals surface area contributed by atoms with Crippen LogP contribution in [0.4, 0.5) is 10.5 Å². The SMILES string of the molecule is COC(=O)N(N)c1ccc(C)cc1. The van der Waals surface area contributed by atoms with Crippen LogP contribution in [0.15, 0.2) is 24.3 Å². The lowest BCUT2D eigenvalue weighted by Gasteiger charge is -2.14. The fourth-order valence-electron chi connectivity index (χ4n) is 0.909. The summed E-state index contributed by atoms with van der Waals surface area (Å²) in [6.45, 7) is 1.96. The lowest BCUT2D eigenvalue weighted by atomic mass is 10.2. The molecule has 0 radical (unpaired) electrons. The van der Waals surface area contributed by atoms with Gasteiger partial charge in [0, 0.05) is 0 Å². The highest BCUT2D eigenvalue weighted by atomic mass is 16.5. The molecule has 0 saturated heterocycles. The molecule has 0 aromatic heterocycles. The van der Waals surface area contributed by atoms with Crippen molar-refractivity contribution >= 4 is 11.8 Å². The van der Waals surface area contributed by atoms with Gasteiger partial charge in [-0.15, -0.1) is 0 Å². The Balaban J connectivity index is 2.83. The van der Waals surface area contributed by atoms with Crippen molar-refractivity contribution in [2.45, 2.75) is 6.92 Å². The van der Waals surface area contributed by atoms with E-state index in [1.54, 1.807) is 12.1 Å². The lowest BCUT2D eigenvalue weighted by molar-refractivity contribution is 0.178. The molecule has 70 valence electrons. The van der Waals surface area contributed by atoms with Crippen LogP contribution in [0.25, 0.3) is 0 Å². The van der Waals surface area contributed by atoms with E-state index in [9.17, 15) is 4.79 Å². The second kappa shape index (κ2) is 3.91. The van der Waals surface area contributed by atoms with Crippen LogP contribution in [-0.2, 0) is 4.74 Å². The zero-order valence-electron chi connectivity index (χ0n) is 7.65. The van der Waals surface area contributed by atoms with Crippen molar-refractivity contribution in [3.05, 3.63) is 29.8 Å². The molecule has 0 fully saturated rings. The van der Waals surface area contributed by atoms with E-state index in [4.69, 9.17) is 5.84 Å². The minimum atomic E-state index is -0.580. The number of hydrazine groups is 1. The third-order valence-electron chi connectivity index (χ3n) is 1.68. The molecular formula is C9H12N2O2. The first-order valence-corrected chi connectivity index (χ1v) is 3.84. The quantitative estimate of drug-likeness (QED) is 0.404. The summed E-state index contributed by atoms with van der Waals surface area (Å²) in [6.07, 6.45) is -0.580. The van der Waals surface area contributed by atoms with E-state index in [0.29, 0.717) is 5.69 Å². The highest BCUT2D eigenvalue weighted by Crippen LogP contribution is 2.12. The first kappa shape index (κ1) is 9.54. The first-order valence-electron chi connectivity index (χ1n) is 3.84.